The van der Waals surface area contributed by atoms with Crippen LogP contribution in [0.25, 0.3) is 94.7 Å². The number of hydrogen-bond acceptors (Lipinski definition) is 4. The van der Waals surface area contributed by atoms with E-state index >= 15 is 0 Å². The van der Waals surface area contributed by atoms with Crippen LogP contribution in [0.4, 0.5) is 0 Å². The van der Waals surface area contributed by atoms with Crippen LogP contribution >= 0.6 is 0 Å². The van der Waals surface area contributed by atoms with Gasteiger partial charge in [0.05, 0.1) is 22.0 Å². The maximum absolute atomic E-state index is 6.96. The van der Waals surface area contributed by atoms with Crippen molar-refractivity contribution in [3.05, 3.63) is 170 Å². The fourth-order valence-corrected chi connectivity index (χ4v) is 7.15. The highest BCUT2D eigenvalue weighted by molar-refractivity contribution is 6.24. The first-order chi connectivity index (χ1) is 24.8. The summed E-state index contributed by atoms with van der Waals surface area (Å²) in [6.45, 7) is 0. The molecule has 234 valence electrons. The monoisotopic (exact) mass is 640 g/mol. The second-order valence-electron chi connectivity index (χ2n) is 12.4. The quantitative estimate of drug-likeness (QED) is 0.188. The fraction of sp³-hybridized carbons (Fsp3) is 0. The minimum atomic E-state index is 0.562. The molecule has 3 aromatic heterocycles. The lowest BCUT2D eigenvalue weighted by Gasteiger charge is -2.10. The molecule has 10 rings (SSSR count). The number of aromatic nitrogens is 4. The van der Waals surface area contributed by atoms with Crippen LogP contribution in [-0.2, 0) is 0 Å². The summed E-state index contributed by atoms with van der Waals surface area (Å²) in [7, 11) is 0. The molecule has 0 unspecified atom stereocenters. The number of furan rings is 1. The Morgan fingerprint density at radius 2 is 0.960 bits per heavy atom. The van der Waals surface area contributed by atoms with E-state index in [4.69, 9.17) is 19.4 Å². The maximum Gasteiger partial charge on any atom is 0.167 e. The van der Waals surface area contributed by atoms with Crippen LogP contribution in [-0.4, -0.2) is 19.5 Å². The maximum atomic E-state index is 6.96. The third-order valence-electron chi connectivity index (χ3n) is 9.45. The summed E-state index contributed by atoms with van der Waals surface area (Å²) in [4.78, 5) is 15.2. The van der Waals surface area contributed by atoms with Gasteiger partial charge in [0.15, 0.2) is 17.5 Å². The molecule has 0 N–H and O–H groups in total. The van der Waals surface area contributed by atoms with Gasteiger partial charge < -0.3 is 8.98 Å². The first-order valence-electron chi connectivity index (χ1n) is 16.7. The summed E-state index contributed by atoms with van der Waals surface area (Å²) < 4.78 is 9.27. The predicted octanol–water partition coefficient (Wildman–Crippen LogP) is 11.5. The topological polar surface area (TPSA) is 56.7 Å². The van der Waals surface area contributed by atoms with Crippen molar-refractivity contribution in [1.82, 2.24) is 19.5 Å². The summed E-state index contributed by atoms with van der Waals surface area (Å²) in [6, 6.07) is 58.4. The zero-order valence-corrected chi connectivity index (χ0v) is 26.9. The standard InChI is InChI=1S/C45H28N4O/c1-4-14-29(15-5-1)31-18-12-19-32(28-31)44-46-43(30-16-6-2-7-17-30)47-45(48-44)37-24-13-23-34-35-26-27-39-40(42(35)50-41(34)37)36-22-10-11-25-38(36)49(39)33-20-8-3-9-21-33/h1-28H. The van der Waals surface area contributed by atoms with Crippen LogP contribution in [0.1, 0.15) is 0 Å². The number of nitrogens with zero attached hydrogens (tertiary/aromatic N) is 4. The van der Waals surface area contributed by atoms with Crippen LogP contribution in [0, 0.1) is 0 Å². The number of rotatable bonds is 5. The summed E-state index contributed by atoms with van der Waals surface area (Å²) in [5.74, 6) is 1.77. The highest BCUT2D eigenvalue weighted by Crippen LogP contribution is 2.42. The lowest BCUT2D eigenvalue weighted by molar-refractivity contribution is 0.673. The Morgan fingerprint density at radius 1 is 0.380 bits per heavy atom. The Morgan fingerprint density at radius 3 is 1.76 bits per heavy atom. The van der Waals surface area contributed by atoms with Gasteiger partial charge in [-0.25, -0.2) is 15.0 Å². The number of fused-ring (bicyclic) bond motifs is 7. The van der Waals surface area contributed by atoms with Crippen molar-refractivity contribution in [2.24, 2.45) is 0 Å². The van der Waals surface area contributed by atoms with Crippen molar-refractivity contribution in [1.29, 1.82) is 0 Å². The molecule has 5 heteroatoms. The molecule has 7 aromatic carbocycles. The van der Waals surface area contributed by atoms with Crippen molar-refractivity contribution in [3.8, 4) is 51.0 Å². The van der Waals surface area contributed by atoms with Crippen LogP contribution in [0.15, 0.2) is 174 Å². The van der Waals surface area contributed by atoms with Gasteiger partial charge in [-0.15, -0.1) is 0 Å². The normalized spacial score (nSPS) is 11.6. The van der Waals surface area contributed by atoms with E-state index < -0.39 is 0 Å². The van der Waals surface area contributed by atoms with Gasteiger partial charge in [-0.05, 0) is 53.6 Å². The summed E-state index contributed by atoms with van der Waals surface area (Å²) in [5, 5.41) is 4.30. The molecule has 0 saturated carbocycles. The Kier molecular flexibility index (Phi) is 6.42. The smallest absolute Gasteiger partial charge is 0.167 e. The van der Waals surface area contributed by atoms with Gasteiger partial charge >= 0.3 is 0 Å². The molecule has 0 aliphatic rings. The number of para-hydroxylation sites is 3. The molecule has 3 heterocycles. The van der Waals surface area contributed by atoms with E-state index in [-0.39, 0.29) is 0 Å². The van der Waals surface area contributed by atoms with E-state index in [1.165, 1.54) is 0 Å². The minimum absolute atomic E-state index is 0.562. The van der Waals surface area contributed by atoms with Crippen molar-refractivity contribution in [2.45, 2.75) is 0 Å². The second kappa shape index (κ2) is 11.4. The average Bonchev–Trinajstić information content (AvgIpc) is 3.75. The largest absolute Gasteiger partial charge is 0.455 e. The molecular formula is C45H28N4O. The van der Waals surface area contributed by atoms with Crippen LogP contribution in [0.3, 0.4) is 0 Å². The van der Waals surface area contributed by atoms with Crippen LogP contribution < -0.4 is 0 Å². The van der Waals surface area contributed by atoms with Gasteiger partial charge in [0, 0.05) is 33.0 Å². The molecule has 0 radical (unpaired) electrons. The second-order valence-corrected chi connectivity index (χ2v) is 12.4. The van der Waals surface area contributed by atoms with Crippen molar-refractivity contribution in [3.63, 3.8) is 0 Å². The molecule has 0 spiro atoms. The number of hydrogen-bond donors (Lipinski definition) is 0. The van der Waals surface area contributed by atoms with Crippen LogP contribution in [0.2, 0.25) is 0 Å². The molecule has 0 bridgehead atoms. The van der Waals surface area contributed by atoms with E-state index in [0.29, 0.717) is 17.5 Å². The van der Waals surface area contributed by atoms with Gasteiger partial charge in [-0.1, -0.05) is 127 Å². The Hall–Kier alpha value is -6.85. The highest BCUT2D eigenvalue weighted by atomic mass is 16.3. The summed E-state index contributed by atoms with van der Waals surface area (Å²) in [6.07, 6.45) is 0. The lowest BCUT2D eigenvalue weighted by atomic mass is 10.0. The Bertz CT molecular complexity index is 2860. The van der Waals surface area contributed by atoms with Crippen LogP contribution in [0.5, 0.6) is 0 Å². The minimum Gasteiger partial charge on any atom is -0.455 e. The third-order valence-corrected chi connectivity index (χ3v) is 9.45. The molecular weight excluding hydrogens is 613 g/mol. The summed E-state index contributed by atoms with van der Waals surface area (Å²) >= 11 is 0. The molecule has 5 nitrogen and oxygen atoms in total. The molecule has 0 aliphatic heterocycles. The molecule has 0 fully saturated rings. The van der Waals surface area contributed by atoms with Gasteiger partial charge in [-0.3, -0.25) is 0 Å². The molecule has 0 aliphatic carbocycles. The molecule has 50 heavy (non-hydrogen) atoms. The lowest BCUT2D eigenvalue weighted by Crippen LogP contribution is -2.00. The highest BCUT2D eigenvalue weighted by Gasteiger charge is 2.22. The third kappa shape index (κ3) is 4.52. The average molecular weight is 641 g/mol. The Balaban J connectivity index is 1.22. The van der Waals surface area contributed by atoms with Gasteiger partial charge in [-0.2, -0.15) is 0 Å². The molecule has 0 saturated heterocycles. The van der Waals surface area contributed by atoms with Crippen molar-refractivity contribution in [2.75, 3.05) is 0 Å². The van der Waals surface area contributed by atoms with Crippen molar-refractivity contribution >= 4 is 43.7 Å². The number of benzene rings is 7. The zero-order chi connectivity index (χ0) is 33.0. The predicted molar refractivity (Wildman–Crippen MR) is 203 cm³/mol. The SMILES string of the molecule is c1ccc(-c2cccc(-c3nc(-c4ccccc4)nc(-c4cccc5c4oc4c5ccc5c4c4ccccc4n5-c4ccccc4)n3)c2)cc1. The van der Waals surface area contributed by atoms with E-state index in [2.05, 4.69) is 126 Å². The van der Waals surface area contributed by atoms with E-state index in [0.717, 1.165) is 77.2 Å². The summed E-state index contributed by atoms with van der Waals surface area (Å²) in [5.41, 5.74) is 9.83. The van der Waals surface area contributed by atoms with E-state index in [9.17, 15) is 0 Å². The van der Waals surface area contributed by atoms with Crippen molar-refractivity contribution < 1.29 is 4.42 Å². The molecule has 0 atom stereocenters. The van der Waals surface area contributed by atoms with Gasteiger partial charge in [0.25, 0.3) is 0 Å². The van der Waals surface area contributed by atoms with E-state index in [1.54, 1.807) is 0 Å². The first kappa shape index (κ1) is 28.2. The Labute approximate surface area is 287 Å². The molecule has 10 aromatic rings. The molecule has 0 amide bonds. The first-order valence-corrected chi connectivity index (χ1v) is 16.7. The fourth-order valence-electron chi connectivity index (χ4n) is 7.15. The zero-order valence-electron chi connectivity index (χ0n) is 26.9. The van der Waals surface area contributed by atoms with Gasteiger partial charge in [0.2, 0.25) is 0 Å². The van der Waals surface area contributed by atoms with E-state index in [1.807, 2.05) is 48.5 Å². The van der Waals surface area contributed by atoms with Gasteiger partial charge in [0.1, 0.15) is 11.2 Å².